The lowest BCUT2D eigenvalue weighted by Gasteiger charge is -2.40. The van der Waals surface area contributed by atoms with Crippen LogP contribution in [0.4, 0.5) is 9.59 Å². The fraction of sp³-hybridized carbons (Fsp3) is 0.444. The topological polar surface area (TPSA) is 164 Å². The number of hydrogen-bond acceptors (Lipinski definition) is 12. The monoisotopic (exact) mass is 1430 g/mol. The number of pyridine rings is 2. The Balaban J connectivity index is 0.000000377. The van der Waals surface area contributed by atoms with Gasteiger partial charge >= 0.3 is 12.2 Å². The van der Waals surface area contributed by atoms with Crippen LogP contribution in [0.3, 0.4) is 0 Å². The van der Waals surface area contributed by atoms with Crippen molar-refractivity contribution < 1.29 is 29.0 Å². The van der Waals surface area contributed by atoms with E-state index in [1.165, 1.54) is 0 Å². The Bertz CT molecular complexity index is 3300. The summed E-state index contributed by atoms with van der Waals surface area (Å²) < 4.78 is 17.8. The number of amides is 2. The van der Waals surface area contributed by atoms with Crippen LogP contribution >= 0.6 is 77.7 Å². The number of aliphatic hydroxyl groups is 1. The molecule has 2 aliphatic carbocycles. The summed E-state index contributed by atoms with van der Waals surface area (Å²) in [5, 5.41) is 13.2. The Morgan fingerprint density at radius 2 is 1.02 bits per heavy atom. The first-order valence-electron chi connectivity index (χ1n) is 25.8. The summed E-state index contributed by atoms with van der Waals surface area (Å²) >= 11 is 22.2. The number of halogens is 5. The Morgan fingerprint density at radius 1 is 0.607 bits per heavy atom. The molecule has 2 aromatic carbocycles. The van der Waals surface area contributed by atoms with Crippen molar-refractivity contribution in [3.05, 3.63) is 159 Å². The standard InChI is InChI=1S/C29H33BrClN5O3.C25H27BrClN3O3.C4H5IN2.5CH4/c1-28(2,3)39-27(37)36-10-8-35(9-11-36)26-21-7-6-20(31)14-22(21)23(13-18-12-19(30)15-33-25(18)26)29(4,38)24-16-32-17-34(24)5;1-15(31)20-12-16-11-17(26)14-28-22(16)23(19-6-5-18(27)13-21(19)20)29-7-9-30(10-8-29)24(32)33-25(2,3)4;1-7-3-6-2-4(7)5;;;;;/h6-7,12-17,26,38H,8-11H2,1-5H3;5-6,11-14,23H,7-10H2,1-4H3;2-3H,1H3;5*1H4/t26-,29?;23-;;;;;;/m00....../s1. The summed E-state index contributed by atoms with van der Waals surface area (Å²) in [4.78, 5) is 63.8. The van der Waals surface area contributed by atoms with E-state index in [9.17, 15) is 19.5 Å². The molecule has 16 nitrogen and oxygen atoms in total. The summed E-state index contributed by atoms with van der Waals surface area (Å²) in [5.41, 5.74) is 6.74. The lowest BCUT2D eigenvalue weighted by Crippen LogP contribution is -2.51. The number of ketones is 1. The maximum atomic E-state index is 12.7. The van der Waals surface area contributed by atoms with Crippen LogP contribution in [-0.4, -0.2) is 135 Å². The number of imidazole rings is 2. The summed E-state index contributed by atoms with van der Waals surface area (Å²) in [6, 6.07) is 15.1. The van der Waals surface area contributed by atoms with E-state index < -0.39 is 16.8 Å². The van der Waals surface area contributed by atoms with Crippen molar-refractivity contribution >= 4 is 119 Å². The Morgan fingerprint density at radius 3 is 1.40 bits per heavy atom. The molecule has 21 heteroatoms. The van der Waals surface area contributed by atoms with Gasteiger partial charge < -0.3 is 33.5 Å². The first-order chi connectivity index (χ1) is 37.2. The number of nitrogens with zero attached hydrogens (tertiary/aromatic N) is 10. The number of benzene rings is 2. The molecular weight excluding hydrogens is 1350 g/mol. The minimum absolute atomic E-state index is 0. The molecule has 0 bridgehead atoms. The maximum Gasteiger partial charge on any atom is 0.410 e. The van der Waals surface area contributed by atoms with E-state index in [1.807, 2.05) is 132 Å². The van der Waals surface area contributed by atoms with Gasteiger partial charge in [0.05, 0.1) is 57.9 Å². The predicted molar refractivity (Wildman–Crippen MR) is 358 cm³/mol. The number of carbonyl (C=O) groups is 3. The molecule has 0 radical (unpaired) electrons. The number of piperazine rings is 2. The SMILES string of the molecule is C.C.C.C.C.CC(=O)C1=Cc2cc(Br)cnc2[C@@H](N2CCN(C(=O)OC(C)(C)C)CC2)c2ccc(Cl)cc21.Cn1cncc1C(C)(O)C1=Cc2cc(Br)cnc2[C@@H](N2CCN(C(=O)OC(C)(C)C)CC2)c2ccc(Cl)cc21.Cn1cncc1I. The molecule has 458 valence electrons. The maximum absolute atomic E-state index is 12.7. The van der Waals surface area contributed by atoms with E-state index in [2.05, 4.69) is 74.2 Å². The average Bonchev–Trinajstić information content (AvgIpc) is 3.53. The third-order valence-corrected chi connectivity index (χ3v) is 16.2. The number of aromatic nitrogens is 6. The number of ether oxygens (including phenoxy) is 2. The van der Waals surface area contributed by atoms with E-state index >= 15 is 0 Å². The van der Waals surface area contributed by atoms with Gasteiger partial charge in [0.25, 0.3) is 0 Å². The number of aryl methyl sites for hydroxylation is 2. The first-order valence-corrected chi connectivity index (χ1v) is 29.2. The van der Waals surface area contributed by atoms with Gasteiger partial charge in [0.15, 0.2) is 5.78 Å². The second-order valence-electron chi connectivity index (χ2n) is 22.0. The highest BCUT2D eigenvalue weighted by Gasteiger charge is 2.41. The van der Waals surface area contributed by atoms with Crippen LogP contribution in [-0.2, 0) is 34.0 Å². The molecule has 4 aliphatic rings. The zero-order chi connectivity index (χ0) is 57.3. The van der Waals surface area contributed by atoms with Crippen LogP contribution in [0.1, 0.15) is 155 Å². The number of rotatable bonds is 5. The molecule has 6 aromatic rings. The highest BCUT2D eigenvalue weighted by atomic mass is 127. The van der Waals surface area contributed by atoms with Crippen molar-refractivity contribution in [3.8, 4) is 0 Å². The second-order valence-corrected chi connectivity index (χ2v) is 25.8. The summed E-state index contributed by atoms with van der Waals surface area (Å²) in [6.07, 6.45) is 13.9. The zero-order valence-electron chi connectivity index (χ0n) is 45.9. The Labute approximate surface area is 539 Å². The molecule has 0 spiro atoms. The summed E-state index contributed by atoms with van der Waals surface area (Å²) in [5.74, 6) is -0.0279. The van der Waals surface area contributed by atoms with Gasteiger partial charge in [-0.1, -0.05) is 72.5 Å². The van der Waals surface area contributed by atoms with Crippen LogP contribution in [0.15, 0.2) is 94.9 Å². The number of allylic oxidation sites excluding steroid dienone is 1. The molecule has 2 fully saturated rings. The fourth-order valence-electron chi connectivity index (χ4n) is 10.1. The molecular formula is C63H85Br2Cl2IN10O6. The lowest BCUT2D eigenvalue weighted by atomic mass is 9.84. The largest absolute Gasteiger partial charge is 0.444 e. The van der Waals surface area contributed by atoms with E-state index in [0.717, 1.165) is 57.4 Å². The molecule has 10 rings (SSSR count). The highest BCUT2D eigenvalue weighted by molar-refractivity contribution is 14.1. The molecule has 84 heavy (non-hydrogen) atoms. The second kappa shape index (κ2) is 30.1. The van der Waals surface area contributed by atoms with Gasteiger partial charge in [0, 0.05) is 103 Å². The fourth-order valence-corrected chi connectivity index (χ4v) is 11.4. The molecule has 2 amide bonds. The Kier molecular flexibility index (Phi) is 26.2. The van der Waals surface area contributed by atoms with E-state index in [-0.39, 0.29) is 67.2 Å². The van der Waals surface area contributed by atoms with Crippen LogP contribution in [0, 0.1) is 3.70 Å². The number of Topliss-reactive ketones (excluding diaryl/α,β-unsaturated/α-hetero) is 1. The van der Waals surface area contributed by atoms with E-state index in [4.69, 9.17) is 42.6 Å². The highest BCUT2D eigenvalue weighted by Crippen LogP contribution is 2.47. The van der Waals surface area contributed by atoms with Crippen molar-refractivity contribution in [1.29, 1.82) is 0 Å². The molecule has 6 heterocycles. The van der Waals surface area contributed by atoms with Gasteiger partial charge in [-0.3, -0.25) is 24.6 Å². The van der Waals surface area contributed by atoms with Gasteiger partial charge in [0.1, 0.15) is 16.8 Å². The first kappa shape index (κ1) is 73.3. The summed E-state index contributed by atoms with van der Waals surface area (Å²) in [6.45, 7) is 19.3. The number of carbonyl (C=O) groups excluding carboxylic acids is 3. The van der Waals surface area contributed by atoms with E-state index in [0.29, 0.717) is 79.2 Å². The smallest absolute Gasteiger partial charge is 0.410 e. The predicted octanol–water partition coefficient (Wildman–Crippen LogP) is 15.4. The molecule has 4 aromatic heterocycles. The van der Waals surface area contributed by atoms with Crippen molar-refractivity contribution in [1.82, 2.24) is 48.7 Å². The molecule has 1 N–H and O–H groups in total. The molecule has 3 atom stereocenters. The van der Waals surface area contributed by atoms with Gasteiger partial charge in [-0.05, 0) is 197 Å². The minimum atomic E-state index is -1.37. The summed E-state index contributed by atoms with van der Waals surface area (Å²) in [7, 11) is 3.83. The molecule has 1 unspecified atom stereocenters. The number of fused-ring (bicyclic) bond motifs is 4. The third kappa shape index (κ3) is 17.2. The van der Waals surface area contributed by atoms with Gasteiger partial charge in [0.2, 0.25) is 0 Å². The van der Waals surface area contributed by atoms with Crippen molar-refractivity contribution in [3.63, 3.8) is 0 Å². The quantitative estimate of drug-likeness (QED) is 0.163. The van der Waals surface area contributed by atoms with Crippen LogP contribution in [0.25, 0.3) is 23.3 Å². The van der Waals surface area contributed by atoms with Gasteiger partial charge in [-0.2, -0.15) is 0 Å². The van der Waals surface area contributed by atoms with Gasteiger partial charge in [-0.15, -0.1) is 0 Å². The van der Waals surface area contributed by atoms with Crippen molar-refractivity contribution in [2.75, 3.05) is 52.4 Å². The Hall–Kier alpha value is -5.00. The van der Waals surface area contributed by atoms with Gasteiger partial charge in [-0.25, -0.2) is 19.6 Å². The van der Waals surface area contributed by atoms with Crippen molar-refractivity contribution in [2.24, 2.45) is 14.1 Å². The number of hydrogen-bond donors (Lipinski definition) is 1. The van der Waals surface area contributed by atoms with Crippen molar-refractivity contribution in [2.45, 2.75) is 121 Å². The normalized spacial score (nSPS) is 17.1. The molecule has 0 saturated carbocycles. The minimum Gasteiger partial charge on any atom is -0.444 e. The molecule has 2 aliphatic heterocycles. The average molecular weight is 1440 g/mol. The van der Waals surface area contributed by atoms with Crippen LogP contribution in [0.2, 0.25) is 10.0 Å². The van der Waals surface area contributed by atoms with Crippen LogP contribution in [0.5, 0.6) is 0 Å². The third-order valence-electron chi connectivity index (χ3n) is 13.8. The lowest BCUT2D eigenvalue weighted by molar-refractivity contribution is -0.111. The van der Waals surface area contributed by atoms with Crippen LogP contribution < -0.4 is 0 Å². The molecule has 2 saturated heterocycles. The van der Waals surface area contributed by atoms with E-state index in [1.54, 1.807) is 54.9 Å². The zero-order valence-corrected chi connectivity index (χ0v) is 52.7.